The van der Waals surface area contributed by atoms with E-state index < -0.39 is 0 Å². The highest BCUT2D eigenvalue weighted by Gasteiger charge is 2.12. The maximum atomic E-state index is 4.25. The standard InChI is InChI=1S/C16H23N3/c1-4-9-17-16(10-14-11-18-19(3)12-14)15-7-5-13(2)6-8-15/h5-8,11-12,16-17H,4,9-10H2,1-3H3. The number of hydrogen-bond acceptors (Lipinski definition) is 2. The highest BCUT2D eigenvalue weighted by atomic mass is 15.2. The Morgan fingerprint density at radius 2 is 2.00 bits per heavy atom. The van der Waals surface area contributed by atoms with Gasteiger partial charge in [-0.2, -0.15) is 5.10 Å². The van der Waals surface area contributed by atoms with Crippen molar-refractivity contribution in [2.45, 2.75) is 32.7 Å². The second kappa shape index (κ2) is 6.53. The van der Waals surface area contributed by atoms with Crippen molar-refractivity contribution in [3.8, 4) is 0 Å². The van der Waals surface area contributed by atoms with E-state index in [-0.39, 0.29) is 0 Å². The lowest BCUT2D eigenvalue weighted by atomic mass is 9.99. The predicted molar refractivity (Wildman–Crippen MR) is 79.1 cm³/mol. The molecule has 3 nitrogen and oxygen atoms in total. The molecule has 1 aromatic carbocycles. The average Bonchev–Trinajstić information content (AvgIpc) is 2.81. The fourth-order valence-electron chi connectivity index (χ4n) is 2.24. The van der Waals surface area contributed by atoms with Crippen LogP contribution in [-0.4, -0.2) is 16.3 Å². The molecule has 3 heteroatoms. The van der Waals surface area contributed by atoms with E-state index in [2.05, 4.69) is 54.7 Å². The SMILES string of the molecule is CCCNC(Cc1cnn(C)c1)c1ccc(C)cc1. The summed E-state index contributed by atoms with van der Waals surface area (Å²) in [6, 6.07) is 9.17. The van der Waals surface area contributed by atoms with Crippen LogP contribution in [0.5, 0.6) is 0 Å². The molecule has 1 unspecified atom stereocenters. The molecule has 0 radical (unpaired) electrons. The summed E-state index contributed by atoms with van der Waals surface area (Å²) in [5, 5.41) is 7.87. The zero-order valence-corrected chi connectivity index (χ0v) is 12.1. The van der Waals surface area contributed by atoms with E-state index in [9.17, 15) is 0 Å². The van der Waals surface area contributed by atoms with Gasteiger partial charge in [-0.15, -0.1) is 0 Å². The Morgan fingerprint density at radius 3 is 2.58 bits per heavy atom. The second-order valence-corrected chi connectivity index (χ2v) is 5.14. The average molecular weight is 257 g/mol. The highest BCUT2D eigenvalue weighted by molar-refractivity contribution is 5.25. The van der Waals surface area contributed by atoms with Crippen molar-refractivity contribution in [1.82, 2.24) is 15.1 Å². The van der Waals surface area contributed by atoms with Gasteiger partial charge >= 0.3 is 0 Å². The van der Waals surface area contributed by atoms with Crippen molar-refractivity contribution in [3.63, 3.8) is 0 Å². The molecule has 1 N–H and O–H groups in total. The van der Waals surface area contributed by atoms with Gasteiger partial charge in [0, 0.05) is 19.3 Å². The predicted octanol–water partition coefficient (Wildman–Crippen LogP) is 3.01. The van der Waals surface area contributed by atoms with Gasteiger partial charge in [-0.05, 0) is 37.4 Å². The Kier molecular flexibility index (Phi) is 4.74. The van der Waals surface area contributed by atoms with Gasteiger partial charge in [0.15, 0.2) is 0 Å². The molecule has 0 saturated heterocycles. The third-order valence-corrected chi connectivity index (χ3v) is 3.32. The fraction of sp³-hybridized carbons (Fsp3) is 0.438. The minimum Gasteiger partial charge on any atom is -0.310 e. The van der Waals surface area contributed by atoms with Gasteiger partial charge in [0.2, 0.25) is 0 Å². The van der Waals surface area contributed by atoms with E-state index in [0.29, 0.717) is 6.04 Å². The first-order chi connectivity index (χ1) is 9.19. The smallest absolute Gasteiger partial charge is 0.0522 e. The number of aromatic nitrogens is 2. The van der Waals surface area contributed by atoms with Crippen molar-refractivity contribution in [3.05, 3.63) is 53.3 Å². The largest absolute Gasteiger partial charge is 0.310 e. The maximum absolute atomic E-state index is 4.25. The molecule has 1 aromatic heterocycles. The van der Waals surface area contributed by atoms with Crippen molar-refractivity contribution >= 4 is 0 Å². The summed E-state index contributed by atoms with van der Waals surface area (Å²) in [7, 11) is 1.96. The molecule has 0 bridgehead atoms. The maximum Gasteiger partial charge on any atom is 0.0522 e. The van der Waals surface area contributed by atoms with E-state index >= 15 is 0 Å². The van der Waals surface area contributed by atoms with Gasteiger partial charge in [0.25, 0.3) is 0 Å². The van der Waals surface area contributed by atoms with Crippen LogP contribution in [0.4, 0.5) is 0 Å². The van der Waals surface area contributed by atoms with Crippen LogP contribution in [-0.2, 0) is 13.5 Å². The molecule has 0 fully saturated rings. The Bertz CT molecular complexity index is 499. The van der Waals surface area contributed by atoms with Crippen LogP contribution in [0.1, 0.15) is 36.1 Å². The van der Waals surface area contributed by atoms with Crippen molar-refractivity contribution < 1.29 is 0 Å². The van der Waals surface area contributed by atoms with Crippen LogP contribution >= 0.6 is 0 Å². The zero-order chi connectivity index (χ0) is 13.7. The van der Waals surface area contributed by atoms with Crippen molar-refractivity contribution in [2.75, 3.05) is 6.54 Å². The highest BCUT2D eigenvalue weighted by Crippen LogP contribution is 2.18. The second-order valence-electron chi connectivity index (χ2n) is 5.14. The Balaban J connectivity index is 2.13. The normalized spacial score (nSPS) is 12.6. The molecular weight excluding hydrogens is 234 g/mol. The topological polar surface area (TPSA) is 29.9 Å². The molecule has 19 heavy (non-hydrogen) atoms. The minimum atomic E-state index is 0.366. The van der Waals surface area contributed by atoms with Gasteiger partial charge in [-0.3, -0.25) is 4.68 Å². The van der Waals surface area contributed by atoms with Gasteiger partial charge in [-0.25, -0.2) is 0 Å². The molecule has 2 aromatic rings. The molecule has 0 saturated carbocycles. The lowest BCUT2D eigenvalue weighted by molar-refractivity contribution is 0.529. The molecular formula is C16H23N3. The lowest BCUT2D eigenvalue weighted by Gasteiger charge is -2.18. The Hall–Kier alpha value is -1.61. The van der Waals surface area contributed by atoms with E-state index in [0.717, 1.165) is 19.4 Å². The number of hydrogen-bond donors (Lipinski definition) is 1. The lowest BCUT2D eigenvalue weighted by Crippen LogP contribution is -2.24. The molecule has 2 rings (SSSR count). The molecule has 0 aliphatic carbocycles. The van der Waals surface area contributed by atoms with Crippen LogP contribution < -0.4 is 5.32 Å². The number of nitrogens with zero attached hydrogens (tertiary/aromatic N) is 2. The fourth-order valence-corrected chi connectivity index (χ4v) is 2.24. The molecule has 102 valence electrons. The van der Waals surface area contributed by atoms with Gasteiger partial charge in [0.05, 0.1) is 6.20 Å². The Labute approximate surface area is 115 Å². The van der Waals surface area contributed by atoms with Gasteiger partial charge in [-0.1, -0.05) is 36.8 Å². The summed E-state index contributed by atoms with van der Waals surface area (Å²) in [6.45, 7) is 5.36. The van der Waals surface area contributed by atoms with E-state index in [1.807, 2.05) is 17.9 Å². The summed E-state index contributed by atoms with van der Waals surface area (Å²) in [5.74, 6) is 0. The van der Waals surface area contributed by atoms with Crippen LogP contribution in [0.2, 0.25) is 0 Å². The van der Waals surface area contributed by atoms with Gasteiger partial charge < -0.3 is 5.32 Å². The Morgan fingerprint density at radius 1 is 1.26 bits per heavy atom. The summed E-state index contributed by atoms with van der Waals surface area (Å²) in [4.78, 5) is 0. The summed E-state index contributed by atoms with van der Waals surface area (Å²) in [6.07, 6.45) is 6.18. The van der Waals surface area contributed by atoms with Gasteiger partial charge in [0.1, 0.15) is 0 Å². The zero-order valence-electron chi connectivity index (χ0n) is 12.1. The summed E-state index contributed by atoms with van der Waals surface area (Å²) < 4.78 is 1.86. The quantitative estimate of drug-likeness (QED) is 0.862. The molecule has 0 spiro atoms. The molecule has 0 amide bonds. The first kappa shape index (κ1) is 13.8. The number of benzene rings is 1. The molecule has 0 aliphatic rings. The number of rotatable bonds is 6. The molecule has 1 atom stereocenters. The number of aryl methyl sites for hydroxylation is 2. The van der Waals surface area contributed by atoms with Crippen molar-refractivity contribution in [1.29, 1.82) is 0 Å². The van der Waals surface area contributed by atoms with Crippen molar-refractivity contribution in [2.24, 2.45) is 7.05 Å². The van der Waals surface area contributed by atoms with E-state index in [1.165, 1.54) is 16.7 Å². The van der Waals surface area contributed by atoms with Crippen LogP contribution in [0.3, 0.4) is 0 Å². The van der Waals surface area contributed by atoms with Crippen LogP contribution in [0.25, 0.3) is 0 Å². The van der Waals surface area contributed by atoms with Crippen LogP contribution in [0.15, 0.2) is 36.7 Å². The summed E-state index contributed by atoms with van der Waals surface area (Å²) >= 11 is 0. The monoisotopic (exact) mass is 257 g/mol. The third kappa shape index (κ3) is 3.93. The minimum absolute atomic E-state index is 0.366. The molecule has 1 heterocycles. The van der Waals surface area contributed by atoms with Crippen LogP contribution in [0, 0.1) is 6.92 Å². The summed E-state index contributed by atoms with van der Waals surface area (Å²) in [5.41, 5.74) is 3.93. The first-order valence-corrected chi connectivity index (χ1v) is 6.96. The van der Waals surface area contributed by atoms with E-state index in [1.54, 1.807) is 0 Å². The number of nitrogens with one attached hydrogen (secondary N) is 1. The van der Waals surface area contributed by atoms with E-state index in [4.69, 9.17) is 0 Å². The molecule has 0 aliphatic heterocycles. The first-order valence-electron chi connectivity index (χ1n) is 6.96. The third-order valence-electron chi connectivity index (χ3n) is 3.32.